The minimum Gasteiger partial charge on any atom is -0.497 e. The molecule has 1 fully saturated rings. The molecule has 0 saturated heterocycles. The second-order valence-electron chi connectivity index (χ2n) is 11.3. The van der Waals surface area contributed by atoms with E-state index in [1.54, 1.807) is 12.1 Å². The number of methoxy groups -OCH3 is 4. The van der Waals surface area contributed by atoms with E-state index in [4.69, 9.17) is 18.9 Å². The van der Waals surface area contributed by atoms with Crippen molar-refractivity contribution < 1.29 is 37.0 Å². The van der Waals surface area contributed by atoms with Gasteiger partial charge in [0.25, 0.3) is 10.0 Å². The van der Waals surface area contributed by atoms with Gasteiger partial charge in [0.05, 0.1) is 39.0 Å². The normalized spacial score (nSPS) is 14.1. The molecule has 1 atom stereocenters. The van der Waals surface area contributed by atoms with Gasteiger partial charge in [0, 0.05) is 24.7 Å². The van der Waals surface area contributed by atoms with Gasteiger partial charge in [0.1, 0.15) is 24.1 Å². The standard InChI is InChI=1S/C35H45N3O8S/c1-6-29(35(40)36-26-15-11-8-12-16-26)37(23-25-13-9-7-10-14-25)34(39)24-38(30-21-27(43-2)17-19-31(30)44-3)47(41,42)28-18-20-32(45-4)33(22-28)46-5/h7,9-10,13-14,17-22,26,29H,6,8,11-12,15-16,23-24H2,1-5H3,(H,36,40). The van der Waals surface area contributed by atoms with E-state index >= 15 is 0 Å². The van der Waals surface area contributed by atoms with Crippen molar-refractivity contribution in [2.75, 3.05) is 39.3 Å². The fourth-order valence-corrected chi connectivity index (χ4v) is 7.29. The van der Waals surface area contributed by atoms with Gasteiger partial charge in [-0.3, -0.25) is 13.9 Å². The van der Waals surface area contributed by atoms with Gasteiger partial charge in [-0.15, -0.1) is 0 Å². The summed E-state index contributed by atoms with van der Waals surface area (Å²) < 4.78 is 51.7. The highest BCUT2D eigenvalue weighted by atomic mass is 32.2. The highest BCUT2D eigenvalue weighted by Crippen LogP contribution is 2.38. The molecular formula is C35H45N3O8S. The molecule has 0 aromatic heterocycles. The predicted octanol–water partition coefficient (Wildman–Crippen LogP) is 5.17. The molecule has 0 spiro atoms. The molecule has 2 amide bonds. The van der Waals surface area contributed by atoms with E-state index in [2.05, 4.69) is 5.32 Å². The first-order valence-corrected chi connectivity index (χ1v) is 17.2. The van der Waals surface area contributed by atoms with Crippen LogP contribution in [0, 0.1) is 0 Å². The van der Waals surface area contributed by atoms with Gasteiger partial charge in [0.2, 0.25) is 11.8 Å². The summed E-state index contributed by atoms with van der Waals surface area (Å²) in [7, 11) is 1.30. The first kappa shape index (κ1) is 35.4. The zero-order chi connectivity index (χ0) is 34.0. The van der Waals surface area contributed by atoms with E-state index in [1.165, 1.54) is 57.6 Å². The molecule has 0 radical (unpaired) electrons. The summed E-state index contributed by atoms with van der Waals surface area (Å²) in [5.74, 6) is 0.301. The third kappa shape index (κ3) is 8.48. The maximum Gasteiger partial charge on any atom is 0.265 e. The van der Waals surface area contributed by atoms with Crippen LogP contribution in [0.1, 0.15) is 51.0 Å². The lowest BCUT2D eigenvalue weighted by atomic mass is 9.95. The molecule has 3 aromatic carbocycles. The number of sulfonamides is 1. The number of ether oxygens (including phenoxy) is 4. The summed E-state index contributed by atoms with van der Waals surface area (Å²) >= 11 is 0. The Hall–Kier alpha value is -4.45. The van der Waals surface area contributed by atoms with Gasteiger partial charge in [-0.25, -0.2) is 8.42 Å². The van der Waals surface area contributed by atoms with Gasteiger partial charge in [0.15, 0.2) is 11.5 Å². The third-order valence-electron chi connectivity index (χ3n) is 8.41. The minimum absolute atomic E-state index is 0.0435. The molecule has 0 aliphatic heterocycles. The number of nitrogens with zero attached hydrogens (tertiary/aromatic N) is 2. The molecular weight excluding hydrogens is 622 g/mol. The SMILES string of the molecule is CCC(C(=O)NC1CCCCC1)N(Cc1ccccc1)C(=O)CN(c1cc(OC)ccc1OC)S(=O)(=O)c1ccc(OC)c(OC)c1. The largest absolute Gasteiger partial charge is 0.497 e. The number of anilines is 1. The van der Waals surface area contributed by atoms with E-state index in [-0.39, 0.29) is 40.6 Å². The Bertz CT molecular complexity index is 1610. The monoisotopic (exact) mass is 667 g/mol. The number of rotatable bonds is 15. The number of amides is 2. The molecule has 12 heteroatoms. The summed E-state index contributed by atoms with van der Waals surface area (Å²) in [5.41, 5.74) is 0.896. The van der Waals surface area contributed by atoms with Crippen LogP contribution in [-0.2, 0) is 26.2 Å². The lowest BCUT2D eigenvalue weighted by Crippen LogP contribution is -2.54. The molecule has 1 aliphatic carbocycles. The number of benzene rings is 3. The van der Waals surface area contributed by atoms with E-state index in [9.17, 15) is 18.0 Å². The van der Waals surface area contributed by atoms with Crippen LogP contribution in [0.2, 0.25) is 0 Å². The zero-order valence-electron chi connectivity index (χ0n) is 27.7. The van der Waals surface area contributed by atoms with Crippen LogP contribution in [0.3, 0.4) is 0 Å². The zero-order valence-corrected chi connectivity index (χ0v) is 28.5. The van der Waals surface area contributed by atoms with Crippen LogP contribution in [-0.4, -0.2) is 72.2 Å². The average molecular weight is 668 g/mol. The Morgan fingerprint density at radius 2 is 1.49 bits per heavy atom. The molecule has 0 bridgehead atoms. The Labute approximate surface area is 277 Å². The van der Waals surface area contributed by atoms with Crippen molar-refractivity contribution in [1.29, 1.82) is 0 Å². The fourth-order valence-electron chi connectivity index (χ4n) is 5.85. The van der Waals surface area contributed by atoms with Gasteiger partial charge in [-0.2, -0.15) is 0 Å². The fraction of sp³-hybridized carbons (Fsp3) is 0.429. The highest BCUT2D eigenvalue weighted by molar-refractivity contribution is 7.92. The van der Waals surface area contributed by atoms with Gasteiger partial charge in [-0.05, 0) is 49.1 Å². The van der Waals surface area contributed by atoms with Crippen LogP contribution in [0.5, 0.6) is 23.0 Å². The molecule has 254 valence electrons. The van der Waals surface area contributed by atoms with E-state index < -0.39 is 28.5 Å². The van der Waals surface area contributed by atoms with Crippen molar-refractivity contribution in [2.45, 2.75) is 69.0 Å². The lowest BCUT2D eigenvalue weighted by Gasteiger charge is -2.34. The van der Waals surface area contributed by atoms with Crippen molar-refractivity contribution in [1.82, 2.24) is 10.2 Å². The molecule has 1 unspecified atom stereocenters. The van der Waals surface area contributed by atoms with Crippen LogP contribution in [0.15, 0.2) is 71.6 Å². The summed E-state index contributed by atoms with van der Waals surface area (Å²) in [5, 5.41) is 3.16. The van der Waals surface area contributed by atoms with E-state index in [0.717, 1.165) is 42.0 Å². The second kappa shape index (κ2) is 16.4. The number of carbonyl (C=O) groups is 2. The van der Waals surface area contributed by atoms with Crippen molar-refractivity contribution >= 4 is 27.5 Å². The number of hydrogen-bond donors (Lipinski definition) is 1. The Kier molecular flexibility index (Phi) is 12.4. The summed E-state index contributed by atoms with van der Waals surface area (Å²) in [6.45, 7) is 1.33. The van der Waals surface area contributed by atoms with Gasteiger partial charge >= 0.3 is 0 Å². The molecule has 47 heavy (non-hydrogen) atoms. The predicted molar refractivity (Wildman–Crippen MR) is 180 cm³/mol. The van der Waals surface area contributed by atoms with E-state index in [0.29, 0.717) is 17.9 Å². The number of carbonyl (C=O) groups excluding carboxylic acids is 2. The number of nitrogens with one attached hydrogen (secondary N) is 1. The maximum absolute atomic E-state index is 14.5. The first-order valence-electron chi connectivity index (χ1n) is 15.8. The lowest BCUT2D eigenvalue weighted by molar-refractivity contribution is -0.140. The molecule has 11 nitrogen and oxygen atoms in total. The maximum atomic E-state index is 14.5. The average Bonchev–Trinajstić information content (AvgIpc) is 3.10. The van der Waals surface area contributed by atoms with Crippen molar-refractivity contribution in [2.24, 2.45) is 0 Å². The van der Waals surface area contributed by atoms with Crippen LogP contribution < -0.4 is 28.6 Å². The summed E-state index contributed by atoms with van der Waals surface area (Å²) in [6.07, 6.45) is 5.34. The summed E-state index contributed by atoms with van der Waals surface area (Å²) in [6, 6.07) is 17.5. The molecule has 1 aliphatic rings. The second-order valence-corrected chi connectivity index (χ2v) is 13.2. The number of hydrogen-bond acceptors (Lipinski definition) is 8. The Morgan fingerprint density at radius 3 is 2.11 bits per heavy atom. The van der Waals surface area contributed by atoms with Gasteiger partial charge < -0.3 is 29.2 Å². The topological polar surface area (TPSA) is 124 Å². The summed E-state index contributed by atoms with van der Waals surface area (Å²) in [4.78, 5) is 29.6. The molecule has 3 aromatic rings. The van der Waals surface area contributed by atoms with Gasteiger partial charge in [-0.1, -0.05) is 56.5 Å². The molecule has 0 heterocycles. The molecule has 4 rings (SSSR count). The quantitative estimate of drug-likeness (QED) is 0.236. The molecule has 1 N–H and O–H groups in total. The smallest absolute Gasteiger partial charge is 0.265 e. The first-order chi connectivity index (χ1) is 22.7. The van der Waals surface area contributed by atoms with E-state index in [1.807, 2.05) is 37.3 Å². The Balaban J connectivity index is 1.80. The van der Waals surface area contributed by atoms with Crippen LogP contribution in [0.4, 0.5) is 5.69 Å². The third-order valence-corrected chi connectivity index (χ3v) is 10.2. The van der Waals surface area contributed by atoms with Crippen molar-refractivity contribution in [3.05, 3.63) is 72.3 Å². The minimum atomic E-state index is -4.43. The van der Waals surface area contributed by atoms with Crippen LogP contribution >= 0.6 is 0 Å². The van der Waals surface area contributed by atoms with Crippen molar-refractivity contribution in [3.8, 4) is 23.0 Å². The van der Waals surface area contributed by atoms with Crippen molar-refractivity contribution in [3.63, 3.8) is 0 Å². The highest BCUT2D eigenvalue weighted by Gasteiger charge is 2.36. The Morgan fingerprint density at radius 1 is 0.830 bits per heavy atom. The molecule has 1 saturated carbocycles. The van der Waals surface area contributed by atoms with Crippen LogP contribution in [0.25, 0.3) is 0 Å².